The van der Waals surface area contributed by atoms with Crippen molar-refractivity contribution in [1.82, 2.24) is 4.72 Å². The highest BCUT2D eigenvalue weighted by Gasteiger charge is 2.40. The van der Waals surface area contributed by atoms with Gasteiger partial charge in [0.05, 0.1) is 11.9 Å². The summed E-state index contributed by atoms with van der Waals surface area (Å²) < 4.78 is 31.7. The van der Waals surface area contributed by atoms with Crippen LogP contribution in [0, 0.1) is 0 Å². The van der Waals surface area contributed by atoms with Gasteiger partial charge in [-0.05, 0) is 18.9 Å². The van der Waals surface area contributed by atoms with Gasteiger partial charge in [-0.3, -0.25) is 0 Å². The maximum Gasteiger partial charge on any atom is 0.214 e. The summed E-state index contributed by atoms with van der Waals surface area (Å²) in [5, 5.41) is 10.4. The van der Waals surface area contributed by atoms with Gasteiger partial charge in [0.1, 0.15) is 11.4 Å². The smallest absolute Gasteiger partial charge is 0.214 e. The van der Waals surface area contributed by atoms with Gasteiger partial charge in [-0.25, -0.2) is 13.1 Å². The fourth-order valence-electron chi connectivity index (χ4n) is 2.34. The molecule has 1 fully saturated rings. The molecular formula is C13H17NO4S. The molecule has 1 aliphatic carbocycles. The van der Waals surface area contributed by atoms with E-state index >= 15 is 0 Å². The van der Waals surface area contributed by atoms with Crippen molar-refractivity contribution < 1.29 is 18.3 Å². The van der Waals surface area contributed by atoms with E-state index in [9.17, 15) is 13.5 Å². The van der Waals surface area contributed by atoms with Gasteiger partial charge in [-0.1, -0.05) is 18.2 Å². The van der Waals surface area contributed by atoms with E-state index in [2.05, 4.69) is 4.72 Å². The van der Waals surface area contributed by atoms with Crippen LogP contribution in [0.25, 0.3) is 0 Å². The molecule has 1 aromatic rings. The Bertz CT molecular complexity index is 582. The average Bonchev–Trinajstić information content (AvgIpc) is 3.22. The molecule has 1 aromatic carbocycles. The van der Waals surface area contributed by atoms with Gasteiger partial charge < -0.3 is 9.84 Å². The molecule has 19 heavy (non-hydrogen) atoms. The third-order valence-electron chi connectivity index (χ3n) is 3.69. The number of sulfonamides is 1. The fourth-order valence-corrected chi connectivity index (χ4v) is 3.77. The van der Waals surface area contributed by atoms with Gasteiger partial charge in [0.2, 0.25) is 10.0 Å². The number of hydrogen-bond donors (Lipinski definition) is 2. The second-order valence-corrected chi connectivity index (χ2v) is 7.24. The lowest BCUT2D eigenvalue weighted by atomic mass is 9.88. The first-order valence-electron chi connectivity index (χ1n) is 6.44. The maximum absolute atomic E-state index is 11.8. The van der Waals surface area contributed by atoms with E-state index in [4.69, 9.17) is 4.74 Å². The molecule has 0 bridgehead atoms. The summed E-state index contributed by atoms with van der Waals surface area (Å²) in [4.78, 5) is 0. The topological polar surface area (TPSA) is 75.6 Å². The number of aliphatic hydroxyl groups is 1. The molecular weight excluding hydrogens is 266 g/mol. The Morgan fingerprint density at radius 3 is 2.84 bits per heavy atom. The van der Waals surface area contributed by atoms with Crippen molar-refractivity contribution in [2.45, 2.75) is 30.1 Å². The minimum atomic E-state index is -3.28. The first kappa shape index (κ1) is 12.9. The number of hydrogen-bond acceptors (Lipinski definition) is 4. The molecule has 1 heterocycles. The van der Waals surface area contributed by atoms with Crippen LogP contribution >= 0.6 is 0 Å². The third kappa shape index (κ3) is 2.48. The predicted octanol–water partition coefficient (Wildman–Crippen LogP) is 0.738. The molecule has 0 radical (unpaired) electrons. The Morgan fingerprint density at radius 2 is 2.11 bits per heavy atom. The van der Waals surface area contributed by atoms with Crippen LogP contribution < -0.4 is 9.46 Å². The highest BCUT2D eigenvalue weighted by molar-refractivity contribution is 7.90. The van der Waals surface area contributed by atoms with Gasteiger partial charge in [-0.2, -0.15) is 0 Å². The molecule has 0 saturated heterocycles. The third-order valence-corrected chi connectivity index (χ3v) is 5.59. The van der Waals surface area contributed by atoms with Gasteiger partial charge in [0.15, 0.2) is 0 Å². The molecule has 1 saturated carbocycles. The molecule has 0 amide bonds. The van der Waals surface area contributed by atoms with E-state index in [0.717, 1.165) is 0 Å². The minimum absolute atomic E-state index is 0.00616. The molecule has 2 N–H and O–H groups in total. The van der Waals surface area contributed by atoms with Crippen LogP contribution in [0.15, 0.2) is 24.3 Å². The summed E-state index contributed by atoms with van der Waals surface area (Å²) in [7, 11) is -3.28. The van der Waals surface area contributed by atoms with Crippen LogP contribution in [0.1, 0.15) is 24.8 Å². The van der Waals surface area contributed by atoms with Gasteiger partial charge >= 0.3 is 0 Å². The van der Waals surface area contributed by atoms with Crippen LogP contribution in [-0.2, 0) is 15.6 Å². The Kier molecular flexibility index (Phi) is 3.03. The normalized spacial score (nSPS) is 26.6. The monoisotopic (exact) mass is 283 g/mol. The Labute approximate surface area is 112 Å². The summed E-state index contributed by atoms with van der Waals surface area (Å²) in [6, 6.07) is 7.21. The molecule has 3 rings (SSSR count). The highest BCUT2D eigenvalue weighted by Crippen LogP contribution is 2.37. The Hall–Kier alpha value is -1.11. The predicted molar refractivity (Wildman–Crippen MR) is 70.4 cm³/mol. The van der Waals surface area contributed by atoms with E-state index in [1.54, 1.807) is 12.1 Å². The van der Waals surface area contributed by atoms with Gasteiger partial charge in [0, 0.05) is 18.5 Å². The molecule has 0 spiro atoms. The lowest BCUT2D eigenvalue weighted by Crippen LogP contribution is -2.44. The molecule has 2 aliphatic rings. The van der Waals surface area contributed by atoms with Crippen LogP contribution in [0.2, 0.25) is 0 Å². The first-order valence-corrected chi connectivity index (χ1v) is 7.99. The largest absolute Gasteiger partial charge is 0.493 e. The average molecular weight is 283 g/mol. The molecule has 6 heteroatoms. The number of fused-ring (bicyclic) bond motifs is 1. The van der Waals surface area contributed by atoms with Gasteiger partial charge in [-0.15, -0.1) is 0 Å². The fraction of sp³-hybridized carbons (Fsp3) is 0.538. The van der Waals surface area contributed by atoms with Crippen molar-refractivity contribution in [2.24, 2.45) is 0 Å². The van der Waals surface area contributed by atoms with Crippen molar-refractivity contribution in [1.29, 1.82) is 0 Å². The van der Waals surface area contributed by atoms with E-state index in [1.165, 1.54) is 0 Å². The zero-order valence-electron chi connectivity index (χ0n) is 10.5. The van der Waals surface area contributed by atoms with Crippen LogP contribution in [0.5, 0.6) is 5.75 Å². The molecule has 5 nitrogen and oxygen atoms in total. The summed E-state index contributed by atoms with van der Waals surface area (Å²) >= 11 is 0. The SMILES string of the molecule is O=S(=O)(NCC1(O)CCOc2ccccc21)C1CC1. The second-order valence-electron chi connectivity index (χ2n) is 5.19. The quantitative estimate of drug-likeness (QED) is 0.854. The van der Waals surface area contributed by atoms with Crippen molar-refractivity contribution in [3.63, 3.8) is 0 Å². The number of nitrogens with one attached hydrogen (secondary N) is 1. The van der Waals surface area contributed by atoms with Crippen molar-refractivity contribution in [3.05, 3.63) is 29.8 Å². The van der Waals surface area contributed by atoms with Gasteiger partial charge in [0.25, 0.3) is 0 Å². The van der Waals surface area contributed by atoms with Crippen molar-refractivity contribution in [3.8, 4) is 5.75 Å². The zero-order valence-corrected chi connectivity index (χ0v) is 11.3. The van der Waals surface area contributed by atoms with E-state index in [-0.39, 0.29) is 11.8 Å². The lowest BCUT2D eigenvalue weighted by molar-refractivity contribution is 0.00219. The molecule has 1 atom stereocenters. The number of ether oxygens (including phenoxy) is 1. The van der Waals surface area contributed by atoms with E-state index in [1.807, 2.05) is 12.1 Å². The molecule has 104 valence electrons. The maximum atomic E-state index is 11.8. The summed E-state index contributed by atoms with van der Waals surface area (Å²) in [6.07, 6.45) is 1.82. The highest BCUT2D eigenvalue weighted by atomic mass is 32.2. The van der Waals surface area contributed by atoms with Crippen molar-refractivity contribution >= 4 is 10.0 Å². The van der Waals surface area contributed by atoms with Crippen molar-refractivity contribution in [2.75, 3.05) is 13.2 Å². The molecule has 0 aromatic heterocycles. The molecule has 1 aliphatic heterocycles. The number of para-hydroxylation sites is 1. The standard InChI is InChI=1S/C13H17NO4S/c15-13(9-14-19(16,17)10-5-6-10)7-8-18-12-4-2-1-3-11(12)13/h1-4,10,14-15H,5-9H2. The first-order chi connectivity index (χ1) is 9.01. The second kappa shape index (κ2) is 4.47. The Balaban J connectivity index is 1.80. The molecule has 1 unspecified atom stereocenters. The summed E-state index contributed by atoms with van der Waals surface area (Å²) in [6.45, 7) is 0.394. The summed E-state index contributed by atoms with van der Waals surface area (Å²) in [5.74, 6) is 0.627. The van der Waals surface area contributed by atoms with Crippen LogP contribution in [0.4, 0.5) is 0 Å². The lowest BCUT2D eigenvalue weighted by Gasteiger charge is -2.34. The van der Waals surface area contributed by atoms with Crippen LogP contribution in [0.3, 0.4) is 0 Å². The Morgan fingerprint density at radius 1 is 1.37 bits per heavy atom. The van der Waals surface area contributed by atoms with E-state index in [0.29, 0.717) is 37.2 Å². The van der Waals surface area contributed by atoms with Crippen LogP contribution in [-0.4, -0.2) is 31.9 Å². The number of rotatable bonds is 4. The minimum Gasteiger partial charge on any atom is -0.493 e. The zero-order chi connectivity index (χ0) is 13.5. The van der Waals surface area contributed by atoms with E-state index < -0.39 is 15.6 Å². The summed E-state index contributed by atoms with van der Waals surface area (Å²) in [5.41, 5.74) is -0.531. The number of benzene rings is 1.